The molecule has 0 heterocycles. The van der Waals surface area contributed by atoms with Crippen molar-refractivity contribution in [2.24, 2.45) is 5.92 Å². The zero-order valence-electron chi connectivity index (χ0n) is 10.7. The average Bonchev–Trinajstić information content (AvgIpc) is 2.38. The Kier molecular flexibility index (Phi) is 4.44. The van der Waals surface area contributed by atoms with E-state index in [0.717, 1.165) is 25.7 Å². The van der Waals surface area contributed by atoms with Gasteiger partial charge in [-0.3, -0.25) is 0 Å². The number of nitrogens with one attached hydrogen (secondary N) is 1. The van der Waals surface area contributed by atoms with Crippen LogP contribution in [0.15, 0.2) is 29.2 Å². The molecule has 2 rings (SSSR count). The predicted molar refractivity (Wildman–Crippen MR) is 74.0 cm³/mol. The third kappa shape index (κ3) is 3.68. The minimum absolute atomic E-state index is 0.0114. The van der Waals surface area contributed by atoms with E-state index in [1.165, 1.54) is 12.1 Å². The molecule has 2 atom stereocenters. The molecule has 1 aromatic carbocycles. The molecule has 0 saturated heterocycles. The first-order valence-electron chi connectivity index (χ1n) is 6.52. The third-order valence-electron chi connectivity index (χ3n) is 3.59. The number of anilines is 1. The third-order valence-corrected chi connectivity index (χ3v) is 5.03. The maximum absolute atomic E-state index is 12.1. The number of aliphatic hydroxyl groups is 1. The van der Waals surface area contributed by atoms with Crippen molar-refractivity contribution in [3.05, 3.63) is 24.3 Å². The molecule has 1 aliphatic rings. The molecule has 4 N–H and O–H groups in total. The van der Waals surface area contributed by atoms with Crippen LogP contribution in [0.25, 0.3) is 0 Å². The summed E-state index contributed by atoms with van der Waals surface area (Å²) in [7, 11) is -3.52. The molecule has 1 saturated carbocycles. The Morgan fingerprint density at radius 2 is 1.84 bits per heavy atom. The standard InChI is InChI=1S/C13H20N2O3S/c14-11-5-7-12(8-6-11)19(17,18)15-9-10-3-1-2-4-13(10)16/h5-8,10,13,15-16H,1-4,9,14H2. The summed E-state index contributed by atoms with van der Waals surface area (Å²) >= 11 is 0. The second-order valence-corrected chi connectivity index (χ2v) is 6.80. The van der Waals surface area contributed by atoms with Gasteiger partial charge in [-0.05, 0) is 43.0 Å². The van der Waals surface area contributed by atoms with Gasteiger partial charge in [0.2, 0.25) is 10.0 Å². The summed E-state index contributed by atoms with van der Waals surface area (Å²) in [5.74, 6) is 0.0114. The highest BCUT2D eigenvalue weighted by Gasteiger charge is 2.25. The number of nitrogen functional groups attached to an aromatic ring is 1. The summed E-state index contributed by atoms with van der Waals surface area (Å²) in [6, 6.07) is 6.08. The molecular weight excluding hydrogens is 264 g/mol. The van der Waals surface area contributed by atoms with Gasteiger partial charge in [0.1, 0.15) is 0 Å². The van der Waals surface area contributed by atoms with Crippen LogP contribution in [0, 0.1) is 5.92 Å². The Hall–Kier alpha value is -1.11. The first-order valence-corrected chi connectivity index (χ1v) is 8.00. The Balaban J connectivity index is 1.99. The first-order chi connectivity index (χ1) is 8.99. The topological polar surface area (TPSA) is 92.4 Å². The Morgan fingerprint density at radius 3 is 2.47 bits per heavy atom. The molecule has 0 aromatic heterocycles. The van der Waals surface area contributed by atoms with E-state index >= 15 is 0 Å². The maximum Gasteiger partial charge on any atom is 0.240 e. The average molecular weight is 284 g/mol. The van der Waals surface area contributed by atoms with Crippen molar-refractivity contribution in [1.29, 1.82) is 0 Å². The molecule has 6 heteroatoms. The maximum atomic E-state index is 12.1. The number of aliphatic hydroxyl groups excluding tert-OH is 1. The fourth-order valence-electron chi connectivity index (χ4n) is 2.37. The predicted octanol–water partition coefficient (Wildman–Crippen LogP) is 1.10. The molecule has 0 amide bonds. The van der Waals surface area contributed by atoms with Gasteiger partial charge in [-0.1, -0.05) is 12.8 Å². The van der Waals surface area contributed by atoms with Crippen molar-refractivity contribution < 1.29 is 13.5 Å². The lowest BCUT2D eigenvalue weighted by molar-refractivity contribution is 0.0724. The summed E-state index contributed by atoms with van der Waals surface area (Å²) in [5, 5.41) is 9.82. The van der Waals surface area contributed by atoms with E-state index < -0.39 is 16.1 Å². The molecule has 19 heavy (non-hydrogen) atoms. The van der Waals surface area contributed by atoms with Gasteiger partial charge in [0.15, 0.2) is 0 Å². The lowest BCUT2D eigenvalue weighted by Gasteiger charge is -2.27. The fraction of sp³-hybridized carbons (Fsp3) is 0.538. The summed E-state index contributed by atoms with van der Waals surface area (Å²) < 4.78 is 26.7. The highest BCUT2D eigenvalue weighted by atomic mass is 32.2. The van der Waals surface area contributed by atoms with E-state index in [1.807, 2.05) is 0 Å². The highest BCUT2D eigenvalue weighted by molar-refractivity contribution is 7.89. The molecule has 0 spiro atoms. The summed E-state index contributed by atoms with van der Waals surface area (Å²) in [6.07, 6.45) is 3.29. The molecule has 1 aromatic rings. The lowest BCUT2D eigenvalue weighted by atomic mass is 9.87. The van der Waals surface area contributed by atoms with E-state index in [0.29, 0.717) is 5.69 Å². The molecule has 0 aliphatic heterocycles. The van der Waals surface area contributed by atoms with Crippen LogP contribution in [0.2, 0.25) is 0 Å². The zero-order valence-corrected chi connectivity index (χ0v) is 11.6. The van der Waals surface area contributed by atoms with E-state index in [1.54, 1.807) is 12.1 Å². The van der Waals surface area contributed by atoms with Gasteiger partial charge >= 0.3 is 0 Å². The summed E-state index contributed by atoms with van der Waals surface area (Å²) in [6.45, 7) is 0.286. The Labute approximate surface area is 113 Å². The second-order valence-electron chi connectivity index (χ2n) is 5.03. The minimum atomic E-state index is -3.52. The van der Waals surface area contributed by atoms with E-state index in [4.69, 9.17) is 5.73 Å². The number of benzene rings is 1. The zero-order chi connectivity index (χ0) is 13.9. The van der Waals surface area contributed by atoms with Crippen molar-refractivity contribution in [3.8, 4) is 0 Å². The SMILES string of the molecule is Nc1ccc(S(=O)(=O)NCC2CCCCC2O)cc1. The van der Waals surface area contributed by atoms with E-state index in [2.05, 4.69) is 4.72 Å². The van der Waals surface area contributed by atoms with Gasteiger partial charge in [-0.2, -0.15) is 0 Å². The molecule has 1 fully saturated rings. The first kappa shape index (κ1) is 14.3. The number of sulfonamides is 1. The Morgan fingerprint density at radius 1 is 1.21 bits per heavy atom. The lowest BCUT2D eigenvalue weighted by Crippen LogP contribution is -2.36. The molecule has 2 unspecified atom stereocenters. The molecule has 0 radical (unpaired) electrons. The van der Waals surface area contributed by atoms with Crippen LogP contribution >= 0.6 is 0 Å². The normalized spacial score (nSPS) is 24.3. The largest absolute Gasteiger partial charge is 0.399 e. The van der Waals surface area contributed by atoms with Crippen LogP contribution < -0.4 is 10.5 Å². The fourth-order valence-corrected chi connectivity index (χ4v) is 3.47. The van der Waals surface area contributed by atoms with Crippen molar-refractivity contribution in [2.45, 2.75) is 36.7 Å². The molecule has 0 bridgehead atoms. The highest BCUT2D eigenvalue weighted by Crippen LogP contribution is 2.24. The molecule has 5 nitrogen and oxygen atoms in total. The van der Waals surface area contributed by atoms with Crippen molar-refractivity contribution in [2.75, 3.05) is 12.3 Å². The van der Waals surface area contributed by atoms with Gasteiger partial charge in [0.25, 0.3) is 0 Å². The minimum Gasteiger partial charge on any atom is -0.399 e. The second kappa shape index (κ2) is 5.90. The van der Waals surface area contributed by atoms with Gasteiger partial charge in [0.05, 0.1) is 11.0 Å². The number of nitrogens with two attached hydrogens (primary N) is 1. The summed E-state index contributed by atoms with van der Waals surface area (Å²) in [5.41, 5.74) is 6.06. The number of rotatable bonds is 4. The van der Waals surface area contributed by atoms with Crippen LogP contribution in [0.5, 0.6) is 0 Å². The summed E-state index contributed by atoms with van der Waals surface area (Å²) in [4.78, 5) is 0.201. The number of hydrogen-bond donors (Lipinski definition) is 3. The van der Waals surface area contributed by atoms with Gasteiger partial charge in [-0.25, -0.2) is 13.1 Å². The van der Waals surface area contributed by atoms with Crippen molar-refractivity contribution in [3.63, 3.8) is 0 Å². The van der Waals surface area contributed by atoms with Gasteiger partial charge < -0.3 is 10.8 Å². The molecular formula is C13H20N2O3S. The van der Waals surface area contributed by atoms with Gasteiger partial charge in [-0.15, -0.1) is 0 Å². The van der Waals surface area contributed by atoms with Crippen molar-refractivity contribution >= 4 is 15.7 Å². The smallest absolute Gasteiger partial charge is 0.240 e. The van der Waals surface area contributed by atoms with Crippen molar-refractivity contribution in [1.82, 2.24) is 4.72 Å². The van der Waals surface area contributed by atoms with E-state index in [9.17, 15) is 13.5 Å². The Bertz CT molecular complexity index is 513. The van der Waals surface area contributed by atoms with Crippen LogP contribution in [-0.2, 0) is 10.0 Å². The monoisotopic (exact) mass is 284 g/mol. The van der Waals surface area contributed by atoms with Crippen LogP contribution in [0.3, 0.4) is 0 Å². The molecule has 106 valence electrons. The number of hydrogen-bond acceptors (Lipinski definition) is 4. The quantitative estimate of drug-likeness (QED) is 0.722. The van der Waals surface area contributed by atoms with Crippen LogP contribution in [0.1, 0.15) is 25.7 Å². The van der Waals surface area contributed by atoms with Gasteiger partial charge in [0, 0.05) is 12.2 Å². The van der Waals surface area contributed by atoms with Crippen LogP contribution in [-0.4, -0.2) is 26.2 Å². The van der Waals surface area contributed by atoms with E-state index in [-0.39, 0.29) is 17.4 Å². The van der Waals surface area contributed by atoms with Crippen LogP contribution in [0.4, 0.5) is 5.69 Å². The molecule has 1 aliphatic carbocycles.